The number of nitrogens with zero attached hydrogens (tertiary/aromatic N) is 1. The Hall–Kier alpha value is -3.49. The van der Waals surface area contributed by atoms with Gasteiger partial charge in [-0.3, -0.25) is 14.4 Å². The number of benzene rings is 2. The smallest absolute Gasteiger partial charge is 0.251 e. The van der Waals surface area contributed by atoms with Crippen LogP contribution in [0.15, 0.2) is 54.6 Å². The number of carbonyl (C=O) groups excluding carboxylic acids is 3. The van der Waals surface area contributed by atoms with Gasteiger partial charge in [0.2, 0.25) is 11.8 Å². The summed E-state index contributed by atoms with van der Waals surface area (Å²) in [5.74, 6) is -1.48. The molecule has 0 spiro atoms. The van der Waals surface area contributed by atoms with Crippen LogP contribution in [0.3, 0.4) is 0 Å². The van der Waals surface area contributed by atoms with Crippen LogP contribution in [0.25, 0.3) is 10.8 Å². The fourth-order valence-corrected chi connectivity index (χ4v) is 5.03. The Morgan fingerprint density at radius 1 is 1.03 bits per heavy atom. The van der Waals surface area contributed by atoms with E-state index in [9.17, 15) is 14.4 Å². The van der Waals surface area contributed by atoms with Gasteiger partial charge in [0.1, 0.15) is 5.00 Å². The maximum atomic E-state index is 12.4. The lowest BCUT2D eigenvalue weighted by molar-refractivity contribution is -0.114. The van der Waals surface area contributed by atoms with Gasteiger partial charge >= 0.3 is 0 Å². The number of primary amides is 1. The molecule has 0 bridgehead atoms. The van der Waals surface area contributed by atoms with Crippen LogP contribution in [0.1, 0.15) is 20.8 Å². The summed E-state index contributed by atoms with van der Waals surface area (Å²) in [5, 5.41) is 7.85. The predicted octanol–water partition coefficient (Wildman–Crippen LogP) is 3.12. The fraction of sp³-hybridized carbons (Fsp3) is 0.174. The molecule has 1 aliphatic heterocycles. The van der Waals surface area contributed by atoms with Crippen molar-refractivity contribution in [2.45, 2.75) is 13.0 Å². The van der Waals surface area contributed by atoms with Crippen molar-refractivity contribution in [1.29, 1.82) is 0 Å². The van der Waals surface area contributed by atoms with Gasteiger partial charge in [0, 0.05) is 41.2 Å². The number of fused-ring (bicyclic) bond motifs is 2. The van der Waals surface area contributed by atoms with E-state index in [0.29, 0.717) is 29.2 Å². The largest absolute Gasteiger partial charge is 0.365 e. The normalized spacial score (nSPS) is 13.8. The number of rotatable bonds is 5. The minimum atomic E-state index is -0.560. The molecule has 4 rings (SSSR count). The molecule has 8 heteroatoms. The van der Waals surface area contributed by atoms with Gasteiger partial charge in [-0.15, -0.1) is 11.3 Å². The molecule has 1 aromatic heterocycles. The average Bonchev–Trinajstić information content (AvgIpc) is 3.09. The molecule has 0 saturated heterocycles. The molecule has 3 aromatic rings. The number of carbonyl (C=O) groups is 3. The van der Waals surface area contributed by atoms with Crippen molar-refractivity contribution in [3.8, 4) is 0 Å². The highest BCUT2D eigenvalue weighted by atomic mass is 32.1. The fourth-order valence-electron chi connectivity index (χ4n) is 3.69. The summed E-state index contributed by atoms with van der Waals surface area (Å²) in [6, 6.07) is 13.3. The van der Waals surface area contributed by atoms with E-state index >= 15 is 0 Å². The topological polar surface area (TPSA) is 105 Å². The second-order valence-electron chi connectivity index (χ2n) is 7.40. The van der Waals surface area contributed by atoms with Gasteiger partial charge < -0.3 is 21.3 Å². The van der Waals surface area contributed by atoms with Crippen LogP contribution in [-0.4, -0.2) is 36.2 Å². The van der Waals surface area contributed by atoms with E-state index in [1.54, 1.807) is 6.07 Å². The van der Waals surface area contributed by atoms with Gasteiger partial charge in [0.15, 0.2) is 0 Å². The summed E-state index contributed by atoms with van der Waals surface area (Å²) in [6.07, 6.45) is 3.03. The van der Waals surface area contributed by atoms with Crippen LogP contribution in [0.5, 0.6) is 0 Å². The molecular weight excluding hydrogens is 412 g/mol. The van der Waals surface area contributed by atoms with Crippen molar-refractivity contribution >= 4 is 50.5 Å². The van der Waals surface area contributed by atoms with Crippen LogP contribution in [0.4, 0.5) is 10.7 Å². The zero-order valence-corrected chi connectivity index (χ0v) is 17.8. The minimum Gasteiger partial charge on any atom is -0.365 e. The van der Waals surface area contributed by atoms with Crippen LogP contribution in [-0.2, 0) is 22.6 Å². The number of likely N-dealkylation sites (N-methyl/N-ethyl adjacent to an activating group) is 1. The monoisotopic (exact) mass is 434 g/mol. The molecule has 158 valence electrons. The van der Waals surface area contributed by atoms with E-state index in [4.69, 9.17) is 5.73 Å². The van der Waals surface area contributed by atoms with Gasteiger partial charge in [0.25, 0.3) is 5.91 Å². The molecule has 0 fully saturated rings. The van der Waals surface area contributed by atoms with Crippen molar-refractivity contribution < 1.29 is 14.4 Å². The van der Waals surface area contributed by atoms with Crippen molar-refractivity contribution in [3.63, 3.8) is 0 Å². The number of hydrogen-bond donors (Lipinski definition) is 3. The predicted molar refractivity (Wildman–Crippen MR) is 123 cm³/mol. The maximum Gasteiger partial charge on any atom is 0.251 e. The number of anilines is 2. The lowest BCUT2D eigenvalue weighted by Gasteiger charge is -2.22. The quantitative estimate of drug-likeness (QED) is 0.537. The molecule has 7 nitrogen and oxygen atoms in total. The number of nitrogens with one attached hydrogen (secondary N) is 2. The summed E-state index contributed by atoms with van der Waals surface area (Å²) < 4.78 is 0. The highest BCUT2D eigenvalue weighted by Crippen LogP contribution is 2.36. The van der Waals surface area contributed by atoms with E-state index in [0.717, 1.165) is 33.8 Å². The standard InChI is InChI=1S/C23H22N4O3S/c1-27-12-11-16-18(13-27)31-23(21(16)22(24)30)26-20(29)10-9-19(28)25-17-8-4-6-14-5-2-3-7-15(14)17/h2-10H,11-13H2,1H3,(H2,24,30)(H,25,28)(H,26,29)/b10-9+. The third kappa shape index (κ3) is 4.50. The van der Waals surface area contributed by atoms with Crippen LogP contribution < -0.4 is 16.4 Å². The molecule has 1 aliphatic rings. The maximum absolute atomic E-state index is 12.4. The molecule has 0 unspecified atom stereocenters. The Balaban J connectivity index is 1.46. The molecule has 31 heavy (non-hydrogen) atoms. The van der Waals surface area contributed by atoms with Crippen molar-refractivity contribution in [2.24, 2.45) is 5.73 Å². The van der Waals surface area contributed by atoms with Gasteiger partial charge in [-0.05, 0) is 30.5 Å². The third-order valence-corrected chi connectivity index (χ3v) is 6.30. The number of thiophene rings is 1. The lowest BCUT2D eigenvalue weighted by atomic mass is 10.0. The Labute approximate surface area is 183 Å². The van der Waals surface area contributed by atoms with Crippen LogP contribution in [0.2, 0.25) is 0 Å². The van der Waals surface area contributed by atoms with Gasteiger partial charge in [0.05, 0.1) is 5.56 Å². The molecule has 0 atom stereocenters. The van der Waals surface area contributed by atoms with Crippen LogP contribution in [0, 0.1) is 0 Å². The van der Waals surface area contributed by atoms with Gasteiger partial charge in [-0.25, -0.2) is 0 Å². The van der Waals surface area contributed by atoms with E-state index in [2.05, 4.69) is 15.5 Å². The summed E-state index contributed by atoms with van der Waals surface area (Å²) in [5.41, 5.74) is 7.51. The zero-order valence-electron chi connectivity index (χ0n) is 17.0. The minimum absolute atomic E-state index is 0.370. The molecule has 3 amide bonds. The van der Waals surface area contributed by atoms with Crippen molar-refractivity contribution in [1.82, 2.24) is 4.90 Å². The first kappa shape index (κ1) is 20.8. The SMILES string of the molecule is CN1CCc2c(sc(NC(=O)/C=C/C(=O)Nc3cccc4ccccc34)c2C(N)=O)C1. The highest BCUT2D eigenvalue weighted by molar-refractivity contribution is 7.17. The van der Waals surface area contributed by atoms with E-state index in [1.807, 2.05) is 43.4 Å². The zero-order chi connectivity index (χ0) is 22.0. The first-order valence-corrected chi connectivity index (χ1v) is 10.6. The molecule has 0 aliphatic carbocycles. The van der Waals surface area contributed by atoms with E-state index < -0.39 is 17.7 Å². The van der Waals surface area contributed by atoms with Gasteiger partial charge in [-0.1, -0.05) is 36.4 Å². The van der Waals surface area contributed by atoms with Crippen LogP contribution >= 0.6 is 11.3 Å². The Bertz CT molecular complexity index is 1210. The summed E-state index contributed by atoms with van der Waals surface area (Å²) in [4.78, 5) is 39.9. The highest BCUT2D eigenvalue weighted by Gasteiger charge is 2.26. The Morgan fingerprint density at radius 3 is 2.52 bits per heavy atom. The van der Waals surface area contributed by atoms with E-state index in [-0.39, 0.29) is 0 Å². The first-order valence-electron chi connectivity index (χ1n) is 9.83. The molecule has 2 aromatic carbocycles. The molecule has 2 heterocycles. The number of amides is 3. The summed E-state index contributed by atoms with van der Waals surface area (Å²) >= 11 is 1.35. The van der Waals surface area contributed by atoms with E-state index in [1.165, 1.54) is 17.4 Å². The Kier molecular flexibility index (Phi) is 5.83. The summed E-state index contributed by atoms with van der Waals surface area (Å²) in [7, 11) is 2.00. The Morgan fingerprint density at radius 2 is 1.74 bits per heavy atom. The summed E-state index contributed by atoms with van der Waals surface area (Å²) in [6.45, 7) is 1.53. The number of nitrogens with two attached hydrogens (primary N) is 1. The molecule has 4 N–H and O–H groups in total. The van der Waals surface area contributed by atoms with Gasteiger partial charge in [-0.2, -0.15) is 0 Å². The average molecular weight is 435 g/mol. The molecular formula is C23H22N4O3S. The first-order chi connectivity index (χ1) is 14.9. The lowest BCUT2D eigenvalue weighted by Crippen LogP contribution is -2.27. The van der Waals surface area contributed by atoms with Crippen molar-refractivity contribution in [2.75, 3.05) is 24.2 Å². The number of hydrogen-bond acceptors (Lipinski definition) is 5. The molecule has 0 radical (unpaired) electrons. The van der Waals surface area contributed by atoms with Crippen molar-refractivity contribution in [3.05, 3.63) is 70.6 Å². The molecule has 0 saturated carbocycles. The second kappa shape index (κ2) is 8.71. The third-order valence-electron chi connectivity index (χ3n) is 5.16. The second-order valence-corrected chi connectivity index (χ2v) is 8.50.